The number of benzene rings is 1. The zero-order valence-electron chi connectivity index (χ0n) is 12.8. The zero-order chi connectivity index (χ0) is 14.7. The van der Waals surface area contributed by atoms with Crippen LogP contribution in [0, 0.1) is 13.8 Å². The van der Waals surface area contributed by atoms with Crippen LogP contribution in [-0.2, 0) is 6.54 Å². The molecule has 1 aliphatic heterocycles. The lowest BCUT2D eigenvalue weighted by Gasteiger charge is -2.34. The van der Waals surface area contributed by atoms with Gasteiger partial charge in [0.15, 0.2) is 5.82 Å². The Morgan fingerprint density at radius 2 is 1.90 bits per heavy atom. The molecule has 0 spiro atoms. The van der Waals surface area contributed by atoms with E-state index in [1.165, 1.54) is 11.3 Å². The molecule has 0 saturated carbocycles. The number of nitrogens with one attached hydrogen (secondary N) is 2. The molecule has 3 rings (SSSR count). The highest BCUT2D eigenvalue weighted by Gasteiger charge is 2.19. The van der Waals surface area contributed by atoms with Gasteiger partial charge in [0.05, 0.1) is 6.54 Å². The Bertz CT molecular complexity index is 567. The van der Waals surface area contributed by atoms with Crippen LogP contribution in [0.15, 0.2) is 24.3 Å². The summed E-state index contributed by atoms with van der Waals surface area (Å²) < 4.78 is 0. The second-order valence-electron chi connectivity index (χ2n) is 5.81. The highest BCUT2D eigenvalue weighted by atomic mass is 15.2. The molecule has 21 heavy (non-hydrogen) atoms. The predicted molar refractivity (Wildman–Crippen MR) is 84.4 cm³/mol. The van der Waals surface area contributed by atoms with Gasteiger partial charge in [-0.2, -0.15) is 5.10 Å². The first-order chi connectivity index (χ1) is 10.2. The van der Waals surface area contributed by atoms with E-state index in [9.17, 15) is 0 Å². The standard InChI is InChI=1S/C16H23N5/c1-12-3-5-15(6-4-12)21-9-7-14(8-10-21)17-11-16-18-13(2)19-20-16/h3-6,14,17H,7-11H2,1-2H3,(H,18,19,20). The van der Waals surface area contributed by atoms with Crippen molar-refractivity contribution in [3.8, 4) is 0 Å². The fraction of sp³-hybridized carbons (Fsp3) is 0.500. The summed E-state index contributed by atoms with van der Waals surface area (Å²) in [5, 5.41) is 10.6. The summed E-state index contributed by atoms with van der Waals surface area (Å²) in [6.07, 6.45) is 2.33. The van der Waals surface area contributed by atoms with Crippen molar-refractivity contribution in [3.05, 3.63) is 41.5 Å². The molecule has 112 valence electrons. The van der Waals surface area contributed by atoms with Gasteiger partial charge in [-0.3, -0.25) is 5.10 Å². The monoisotopic (exact) mass is 285 g/mol. The lowest BCUT2D eigenvalue weighted by atomic mass is 10.0. The molecule has 2 heterocycles. The van der Waals surface area contributed by atoms with Crippen molar-refractivity contribution >= 4 is 5.69 Å². The van der Waals surface area contributed by atoms with E-state index in [4.69, 9.17) is 0 Å². The molecule has 0 unspecified atom stereocenters. The lowest BCUT2D eigenvalue weighted by molar-refractivity contribution is 0.410. The van der Waals surface area contributed by atoms with Gasteiger partial charge in [-0.1, -0.05) is 17.7 Å². The summed E-state index contributed by atoms with van der Waals surface area (Å²) >= 11 is 0. The van der Waals surface area contributed by atoms with Gasteiger partial charge in [-0.05, 0) is 38.8 Å². The number of aryl methyl sites for hydroxylation is 2. The van der Waals surface area contributed by atoms with E-state index in [1.807, 2.05) is 6.92 Å². The number of rotatable bonds is 4. The van der Waals surface area contributed by atoms with Crippen LogP contribution in [0.25, 0.3) is 0 Å². The van der Waals surface area contributed by atoms with Crippen molar-refractivity contribution in [2.24, 2.45) is 0 Å². The summed E-state index contributed by atoms with van der Waals surface area (Å²) in [5.41, 5.74) is 2.65. The Kier molecular flexibility index (Phi) is 4.20. The Hall–Kier alpha value is -1.88. The second kappa shape index (κ2) is 6.26. The Labute approximate surface area is 125 Å². The van der Waals surface area contributed by atoms with Gasteiger partial charge in [0.25, 0.3) is 0 Å². The van der Waals surface area contributed by atoms with Crippen LogP contribution in [0.5, 0.6) is 0 Å². The van der Waals surface area contributed by atoms with Crippen molar-refractivity contribution in [1.82, 2.24) is 20.5 Å². The number of hydrogen-bond donors (Lipinski definition) is 2. The third-order valence-electron chi connectivity index (χ3n) is 4.09. The number of hydrogen-bond acceptors (Lipinski definition) is 4. The largest absolute Gasteiger partial charge is 0.371 e. The van der Waals surface area contributed by atoms with Crippen molar-refractivity contribution in [2.75, 3.05) is 18.0 Å². The maximum atomic E-state index is 4.33. The van der Waals surface area contributed by atoms with Crippen LogP contribution in [-0.4, -0.2) is 34.3 Å². The SMILES string of the molecule is Cc1ccc(N2CCC(NCc3n[nH]c(C)n3)CC2)cc1. The Morgan fingerprint density at radius 3 is 2.52 bits per heavy atom. The summed E-state index contributed by atoms with van der Waals surface area (Å²) in [6.45, 7) is 7.02. The number of aromatic nitrogens is 3. The van der Waals surface area contributed by atoms with Crippen LogP contribution in [0.3, 0.4) is 0 Å². The fourth-order valence-corrected chi connectivity index (χ4v) is 2.80. The van der Waals surface area contributed by atoms with E-state index in [0.29, 0.717) is 6.04 Å². The van der Waals surface area contributed by atoms with Crippen LogP contribution in [0.1, 0.15) is 30.1 Å². The van der Waals surface area contributed by atoms with E-state index >= 15 is 0 Å². The average Bonchev–Trinajstić information content (AvgIpc) is 2.92. The molecule has 0 bridgehead atoms. The fourth-order valence-electron chi connectivity index (χ4n) is 2.80. The quantitative estimate of drug-likeness (QED) is 0.904. The summed E-state index contributed by atoms with van der Waals surface area (Å²) in [4.78, 5) is 6.79. The topological polar surface area (TPSA) is 56.8 Å². The van der Waals surface area contributed by atoms with Crippen molar-refractivity contribution in [1.29, 1.82) is 0 Å². The van der Waals surface area contributed by atoms with Crippen LogP contribution in [0.4, 0.5) is 5.69 Å². The number of nitrogens with zero attached hydrogens (tertiary/aromatic N) is 3. The second-order valence-corrected chi connectivity index (χ2v) is 5.81. The van der Waals surface area contributed by atoms with E-state index in [1.54, 1.807) is 0 Å². The molecule has 5 nitrogen and oxygen atoms in total. The van der Waals surface area contributed by atoms with Gasteiger partial charge >= 0.3 is 0 Å². The van der Waals surface area contributed by atoms with Crippen molar-refractivity contribution in [3.63, 3.8) is 0 Å². The average molecular weight is 285 g/mol. The minimum absolute atomic E-state index is 0.561. The molecule has 0 radical (unpaired) electrons. The minimum atomic E-state index is 0.561. The van der Waals surface area contributed by atoms with Crippen LogP contribution < -0.4 is 10.2 Å². The molecule has 2 N–H and O–H groups in total. The maximum absolute atomic E-state index is 4.33. The summed E-state index contributed by atoms with van der Waals surface area (Å²) in [7, 11) is 0. The molecular weight excluding hydrogens is 262 g/mol. The molecular formula is C16H23N5. The number of aromatic amines is 1. The first kappa shape index (κ1) is 14.1. The third kappa shape index (κ3) is 3.61. The van der Waals surface area contributed by atoms with Crippen LogP contribution in [0.2, 0.25) is 0 Å². The number of piperidine rings is 1. The Balaban J connectivity index is 1.47. The molecule has 0 aliphatic carbocycles. The van der Waals surface area contributed by atoms with Crippen LogP contribution >= 0.6 is 0 Å². The molecule has 1 aromatic heterocycles. The first-order valence-electron chi connectivity index (χ1n) is 7.63. The number of anilines is 1. The smallest absolute Gasteiger partial charge is 0.164 e. The van der Waals surface area contributed by atoms with Gasteiger partial charge in [0.1, 0.15) is 5.82 Å². The van der Waals surface area contributed by atoms with Gasteiger partial charge < -0.3 is 10.2 Å². The van der Waals surface area contributed by atoms with E-state index in [2.05, 4.69) is 56.6 Å². The van der Waals surface area contributed by atoms with Gasteiger partial charge in [0.2, 0.25) is 0 Å². The van der Waals surface area contributed by atoms with Gasteiger partial charge in [-0.15, -0.1) is 0 Å². The summed E-state index contributed by atoms with van der Waals surface area (Å²) in [6, 6.07) is 9.38. The van der Waals surface area contributed by atoms with Crippen molar-refractivity contribution < 1.29 is 0 Å². The molecule has 0 amide bonds. The minimum Gasteiger partial charge on any atom is -0.371 e. The first-order valence-corrected chi connectivity index (χ1v) is 7.63. The molecule has 1 fully saturated rings. The highest BCUT2D eigenvalue weighted by Crippen LogP contribution is 2.20. The van der Waals surface area contributed by atoms with E-state index in [0.717, 1.165) is 44.1 Å². The van der Waals surface area contributed by atoms with E-state index < -0.39 is 0 Å². The highest BCUT2D eigenvalue weighted by molar-refractivity contribution is 5.47. The van der Waals surface area contributed by atoms with E-state index in [-0.39, 0.29) is 0 Å². The molecule has 5 heteroatoms. The van der Waals surface area contributed by atoms with Crippen molar-refractivity contribution in [2.45, 2.75) is 39.3 Å². The number of H-pyrrole nitrogens is 1. The Morgan fingerprint density at radius 1 is 1.19 bits per heavy atom. The molecule has 2 aromatic rings. The molecule has 1 saturated heterocycles. The normalized spacial score (nSPS) is 16.4. The summed E-state index contributed by atoms with van der Waals surface area (Å²) in [5.74, 6) is 1.73. The van der Waals surface area contributed by atoms with Gasteiger partial charge in [0, 0.05) is 24.8 Å². The van der Waals surface area contributed by atoms with Gasteiger partial charge in [-0.25, -0.2) is 4.98 Å². The molecule has 1 aliphatic rings. The maximum Gasteiger partial charge on any atom is 0.164 e. The predicted octanol–water partition coefficient (Wildman–Crippen LogP) is 2.18. The molecule has 1 aromatic carbocycles. The lowest BCUT2D eigenvalue weighted by Crippen LogP contribution is -2.42. The zero-order valence-corrected chi connectivity index (χ0v) is 12.8. The third-order valence-corrected chi connectivity index (χ3v) is 4.09. The molecule has 0 atom stereocenters.